The van der Waals surface area contributed by atoms with Crippen molar-refractivity contribution in [2.24, 2.45) is 0 Å². The van der Waals surface area contributed by atoms with Crippen molar-refractivity contribution in [3.63, 3.8) is 0 Å². The van der Waals surface area contributed by atoms with Crippen molar-refractivity contribution in [3.8, 4) is 0 Å². The highest BCUT2D eigenvalue weighted by Crippen LogP contribution is 2.17. The number of carbonyl (C=O) groups is 1. The van der Waals surface area contributed by atoms with Crippen LogP contribution < -0.4 is 5.69 Å². The van der Waals surface area contributed by atoms with Gasteiger partial charge in [0.1, 0.15) is 0 Å². The summed E-state index contributed by atoms with van der Waals surface area (Å²) in [5.74, 6) is -0.808. The van der Waals surface area contributed by atoms with Crippen LogP contribution in [0.1, 0.15) is 30.7 Å². The number of aliphatic carboxylic acids is 1. The molecule has 1 N–H and O–H groups in total. The molecule has 1 aromatic rings. The second-order valence-corrected chi connectivity index (χ2v) is 4.67. The molecule has 0 aliphatic heterocycles. The predicted molar refractivity (Wildman–Crippen MR) is 67.2 cm³/mol. The average molecular weight is 303 g/mol. The zero-order chi connectivity index (χ0) is 13.0. The predicted octanol–water partition coefficient (Wildman–Crippen LogP) is 1.88. The maximum absolute atomic E-state index is 11.7. The van der Waals surface area contributed by atoms with Gasteiger partial charge in [-0.1, -0.05) is 0 Å². The van der Waals surface area contributed by atoms with E-state index in [-0.39, 0.29) is 12.1 Å². The van der Waals surface area contributed by atoms with Gasteiger partial charge in [0.15, 0.2) is 0 Å². The number of hydrogen-bond donors (Lipinski definition) is 1. The monoisotopic (exact) mass is 302 g/mol. The maximum atomic E-state index is 11.7. The Bertz CT molecular complexity index is 482. The molecular formula is C11H15BrN2O3. The Morgan fingerprint density at radius 1 is 1.41 bits per heavy atom. The SMILES string of the molecule is Cc1nc(=O)n(CCCCC(=O)O)c(C)c1Br. The lowest BCUT2D eigenvalue weighted by molar-refractivity contribution is -0.137. The van der Waals surface area contributed by atoms with Crippen LogP contribution in [0.15, 0.2) is 9.27 Å². The molecule has 1 rings (SSSR count). The molecule has 94 valence electrons. The van der Waals surface area contributed by atoms with Gasteiger partial charge in [0.05, 0.1) is 10.2 Å². The first kappa shape index (κ1) is 13.9. The molecule has 1 aromatic heterocycles. The highest BCUT2D eigenvalue weighted by Gasteiger charge is 2.08. The van der Waals surface area contributed by atoms with Gasteiger partial charge in [0.25, 0.3) is 0 Å². The third-order valence-corrected chi connectivity index (χ3v) is 3.70. The van der Waals surface area contributed by atoms with Crippen LogP contribution in [0.2, 0.25) is 0 Å². The Morgan fingerprint density at radius 3 is 2.65 bits per heavy atom. The normalized spacial score (nSPS) is 10.5. The number of unbranched alkanes of at least 4 members (excludes halogenated alkanes) is 1. The largest absolute Gasteiger partial charge is 0.481 e. The molecule has 0 amide bonds. The lowest BCUT2D eigenvalue weighted by Crippen LogP contribution is -2.26. The van der Waals surface area contributed by atoms with Crippen LogP contribution in [-0.4, -0.2) is 20.6 Å². The number of aryl methyl sites for hydroxylation is 1. The lowest BCUT2D eigenvalue weighted by Gasteiger charge is -2.11. The third kappa shape index (κ3) is 3.66. The number of nitrogens with zero attached hydrogens (tertiary/aromatic N) is 2. The molecule has 0 radical (unpaired) electrons. The molecule has 5 nitrogen and oxygen atoms in total. The summed E-state index contributed by atoms with van der Waals surface area (Å²) in [7, 11) is 0. The van der Waals surface area contributed by atoms with E-state index in [2.05, 4.69) is 20.9 Å². The fourth-order valence-corrected chi connectivity index (χ4v) is 1.89. The molecule has 0 aliphatic carbocycles. The van der Waals surface area contributed by atoms with E-state index in [1.54, 1.807) is 11.5 Å². The van der Waals surface area contributed by atoms with E-state index in [1.807, 2.05) is 6.92 Å². The van der Waals surface area contributed by atoms with Crippen molar-refractivity contribution in [3.05, 3.63) is 26.3 Å². The topological polar surface area (TPSA) is 72.2 Å². The molecule has 6 heteroatoms. The first-order chi connectivity index (χ1) is 7.93. The second-order valence-electron chi connectivity index (χ2n) is 3.88. The average Bonchev–Trinajstić information content (AvgIpc) is 2.24. The summed E-state index contributed by atoms with van der Waals surface area (Å²) in [4.78, 5) is 25.9. The van der Waals surface area contributed by atoms with Gasteiger partial charge in [0, 0.05) is 18.7 Å². The molecule has 1 heterocycles. The van der Waals surface area contributed by atoms with Crippen LogP contribution >= 0.6 is 15.9 Å². The number of hydrogen-bond acceptors (Lipinski definition) is 3. The van der Waals surface area contributed by atoms with Crippen LogP contribution in [0.3, 0.4) is 0 Å². The fourth-order valence-electron chi connectivity index (χ4n) is 1.59. The number of carboxylic acid groups (broad SMARTS) is 1. The van der Waals surface area contributed by atoms with Gasteiger partial charge in [-0.25, -0.2) is 4.79 Å². The van der Waals surface area contributed by atoms with Gasteiger partial charge in [0.2, 0.25) is 0 Å². The minimum absolute atomic E-state index is 0.133. The number of aromatic nitrogens is 2. The molecule has 0 aliphatic rings. The minimum Gasteiger partial charge on any atom is -0.481 e. The zero-order valence-corrected chi connectivity index (χ0v) is 11.5. The Hall–Kier alpha value is -1.17. The molecule has 0 spiro atoms. The van der Waals surface area contributed by atoms with E-state index in [0.717, 1.165) is 10.2 Å². The quantitative estimate of drug-likeness (QED) is 0.843. The van der Waals surface area contributed by atoms with Crippen LogP contribution in [0.4, 0.5) is 0 Å². The van der Waals surface area contributed by atoms with E-state index >= 15 is 0 Å². The third-order valence-electron chi connectivity index (χ3n) is 2.56. The van der Waals surface area contributed by atoms with Crippen LogP contribution in [0, 0.1) is 13.8 Å². The molecule has 0 saturated heterocycles. The molecular weight excluding hydrogens is 288 g/mol. The van der Waals surface area contributed by atoms with Crippen molar-refractivity contribution in [1.82, 2.24) is 9.55 Å². The Balaban J connectivity index is 2.75. The van der Waals surface area contributed by atoms with E-state index in [1.165, 1.54) is 0 Å². The zero-order valence-electron chi connectivity index (χ0n) is 9.86. The van der Waals surface area contributed by atoms with Crippen molar-refractivity contribution < 1.29 is 9.90 Å². The highest BCUT2D eigenvalue weighted by molar-refractivity contribution is 9.10. The van der Waals surface area contributed by atoms with E-state index in [9.17, 15) is 9.59 Å². The van der Waals surface area contributed by atoms with Gasteiger partial charge in [-0.05, 0) is 42.6 Å². The summed E-state index contributed by atoms with van der Waals surface area (Å²) in [6.07, 6.45) is 1.35. The van der Waals surface area contributed by atoms with E-state index in [0.29, 0.717) is 25.1 Å². The summed E-state index contributed by atoms with van der Waals surface area (Å²) < 4.78 is 2.40. The lowest BCUT2D eigenvalue weighted by atomic mass is 10.2. The van der Waals surface area contributed by atoms with Gasteiger partial charge in [-0.2, -0.15) is 4.98 Å². The molecule has 0 atom stereocenters. The first-order valence-electron chi connectivity index (χ1n) is 5.39. The van der Waals surface area contributed by atoms with Gasteiger partial charge in [-0.15, -0.1) is 0 Å². The summed E-state index contributed by atoms with van der Waals surface area (Å²) in [5, 5.41) is 8.51. The molecule has 0 fully saturated rings. The van der Waals surface area contributed by atoms with Crippen molar-refractivity contribution in [2.75, 3.05) is 0 Å². The van der Waals surface area contributed by atoms with Crippen LogP contribution in [0.5, 0.6) is 0 Å². The van der Waals surface area contributed by atoms with Crippen molar-refractivity contribution in [2.45, 2.75) is 39.7 Å². The number of halogens is 1. The molecule has 0 bridgehead atoms. The highest BCUT2D eigenvalue weighted by atomic mass is 79.9. The second kappa shape index (κ2) is 5.95. The minimum atomic E-state index is -0.808. The van der Waals surface area contributed by atoms with Gasteiger partial charge < -0.3 is 5.11 Å². The van der Waals surface area contributed by atoms with Gasteiger partial charge in [-0.3, -0.25) is 9.36 Å². The summed E-state index contributed by atoms with van der Waals surface area (Å²) in [6.45, 7) is 4.12. The molecule has 17 heavy (non-hydrogen) atoms. The number of rotatable bonds is 5. The standard InChI is InChI=1S/C11H15BrN2O3/c1-7-10(12)8(2)14(11(17)13-7)6-4-3-5-9(15)16/h3-6H2,1-2H3,(H,15,16). The smallest absolute Gasteiger partial charge is 0.348 e. The van der Waals surface area contributed by atoms with E-state index in [4.69, 9.17) is 5.11 Å². The summed E-state index contributed by atoms with van der Waals surface area (Å²) in [6, 6.07) is 0. The van der Waals surface area contributed by atoms with Crippen LogP contribution in [0.25, 0.3) is 0 Å². The first-order valence-corrected chi connectivity index (χ1v) is 6.18. The molecule has 0 saturated carbocycles. The Morgan fingerprint density at radius 2 is 2.06 bits per heavy atom. The number of carboxylic acids is 1. The Kier molecular flexibility index (Phi) is 4.86. The maximum Gasteiger partial charge on any atom is 0.348 e. The molecule has 0 aromatic carbocycles. The Labute approximate surface area is 108 Å². The molecule has 0 unspecified atom stereocenters. The van der Waals surface area contributed by atoms with Gasteiger partial charge >= 0.3 is 11.7 Å². The van der Waals surface area contributed by atoms with Crippen molar-refractivity contribution >= 4 is 21.9 Å². The summed E-state index contributed by atoms with van der Waals surface area (Å²) >= 11 is 3.38. The van der Waals surface area contributed by atoms with Crippen molar-refractivity contribution in [1.29, 1.82) is 0 Å². The fraction of sp³-hybridized carbons (Fsp3) is 0.545. The summed E-state index contributed by atoms with van der Waals surface area (Å²) in [5.41, 5.74) is 1.23. The van der Waals surface area contributed by atoms with E-state index < -0.39 is 5.97 Å². The van der Waals surface area contributed by atoms with Crippen LogP contribution in [-0.2, 0) is 11.3 Å².